The van der Waals surface area contributed by atoms with Crippen molar-refractivity contribution in [2.45, 2.75) is 57.8 Å². The number of nitrogens with one attached hydrogen (secondary N) is 1. The molecule has 0 radical (unpaired) electrons. The van der Waals surface area contributed by atoms with Gasteiger partial charge >= 0.3 is 11.9 Å². The first-order valence-electron chi connectivity index (χ1n) is 10.5. The van der Waals surface area contributed by atoms with Gasteiger partial charge in [0.05, 0.1) is 5.92 Å². The summed E-state index contributed by atoms with van der Waals surface area (Å²) in [6, 6.07) is 7.05. The number of benzene rings is 1. The molecule has 0 amide bonds. The minimum Gasteiger partial charge on any atom is -0.481 e. The number of aliphatic carboxylic acids is 1. The minimum absolute atomic E-state index is 0.0329. The lowest BCUT2D eigenvalue weighted by atomic mass is 9.82. The van der Waals surface area contributed by atoms with Gasteiger partial charge in [-0.05, 0) is 88.2 Å². The SMILES string of the molecule is C1CCNCC1.NC[C@H]1CC[C@H](C(=O)Oc2ccc(CCC(=O)O)cc2)CC1. The number of ether oxygens (including phenoxy) is 1. The first-order valence-corrected chi connectivity index (χ1v) is 10.5. The second-order valence-electron chi connectivity index (χ2n) is 7.72. The summed E-state index contributed by atoms with van der Waals surface area (Å²) in [6.07, 6.45) is 8.47. The van der Waals surface area contributed by atoms with Crippen LogP contribution in [0.1, 0.15) is 56.9 Å². The zero-order valence-electron chi connectivity index (χ0n) is 16.7. The third kappa shape index (κ3) is 8.40. The van der Waals surface area contributed by atoms with E-state index in [9.17, 15) is 9.59 Å². The second kappa shape index (κ2) is 12.5. The van der Waals surface area contributed by atoms with Gasteiger partial charge in [0.1, 0.15) is 5.75 Å². The molecule has 4 N–H and O–H groups in total. The summed E-state index contributed by atoms with van der Waals surface area (Å²) < 4.78 is 5.42. The summed E-state index contributed by atoms with van der Waals surface area (Å²) in [5, 5.41) is 11.9. The van der Waals surface area contributed by atoms with Crippen LogP contribution in [0.3, 0.4) is 0 Å². The monoisotopic (exact) mass is 390 g/mol. The number of carboxylic acids is 1. The number of piperidine rings is 1. The third-order valence-corrected chi connectivity index (χ3v) is 5.49. The maximum atomic E-state index is 12.1. The van der Waals surface area contributed by atoms with Crippen LogP contribution in [0.2, 0.25) is 0 Å². The zero-order chi connectivity index (χ0) is 20.2. The van der Waals surface area contributed by atoms with Crippen molar-refractivity contribution in [3.63, 3.8) is 0 Å². The highest BCUT2D eigenvalue weighted by molar-refractivity contribution is 5.75. The molecule has 3 rings (SSSR count). The summed E-state index contributed by atoms with van der Waals surface area (Å²) >= 11 is 0. The first-order chi connectivity index (χ1) is 13.6. The van der Waals surface area contributed by atoms with E-state index >= 15 is 0 Å². The third-order valence-electron chi connectivity index (χ3n) is 5.49. The molecule has 0 unspecified atom stereocenters. The number of rotatable bonds is 6. The van der Waals surface area contributed by atoms with Crippen molar-refractivity contribution >= 4 is 11.9 Å². The van der Waals surface area contributed by atoms with E-state index < -0.39 is 5.97 Å². The predicted octanol–water partition coefficient (Wildman–Crippen LogP) is 3.13. The Morgan fingerprint density at radius 3 is 2.14 bits per heavy atom. The van der Waals surface area contributed by atoms with Crippen molar-refractivity contribution in [2.75, 3.05) is 19.6 Å². The maximum absolute atomic E-state index is 12.1. The van der Waals surface area contributed by atoms with Crippen LogP contribution in [0.15, 0.2) is 24.3 Å². The molecule has 1 saturated carbocycles. The Labute approximate surface area is 167 Å². The van der Waals surface area contributed by atoms with Gasteiger partial charge in [-0.25, -0.2) is 0 Å². The van der Waals surface area contributed by atoms with Crippen LogP contribution in [-0.2, 0) is 16.0 Å². The fourth-order valence-corrected chi connectivity index (χ4v) is 3.61. The molecule has 1 aromatic rings. The van der Waals surface area contributed by atoms with Gasteiger partial charge in [-0.1, -0.05) is 18.6 Å². The van der Waals surface area contributed by atoms with Crippen molar-refractivity contribution in [3.05, 3.63) is 29.8 Å². The van der Waals surface area contributed by atoms with Crippen molar-refractivity contribution in [1.29, 1.82) is 0 Å². The lowest BCUT2D eigenvalue weighted by Crippen LogP contribution is -2.28. The number of hydrogen-bond donors (Lipinski definition) is 3. The number of carbonyl (C=O) groups excluding carboxylic acids is 1. The van der Waals surface area contributed by atoms with E-state index in [1.165, 1.54) is 32.4 Å². The summed E-state index contributed by atoms with van der Waals surface area (Å²) in [5.41, 5.74) is 6.57. The summed E-state index contributed by atoms with van der Waals surface area (Å²) in [4.78, 5) is 22.7. The highest BCUT2D eigenvalue weighted by atomic mass is 16.5. The lowest BCUT2D eigenvalue weighted by molar-refractivity contribution is -0.140. The molecule has 6 nitrogen and oxygen atoms in total. The molecule has 156 valence electrons. The molecule has 0 bridgehead atoms. The van der Waals surface area contributed by atoms with Crippen molar-refractivity contribution in [1.82, 2.24) is 5.32 Å². The molecule has 1 aromatic carbocycles. The van der Waals surface area contributed by atoms with Gasteiger partial charge in [0.15, 0.2) is 0 Å². The van der Waals surface area contributed by atoms with Crippen LogP contribution >= 0.6 is 0 Å². The van der Waals surface area contributed by atoms with E-state index in [4.69, 9.17) is 15.6 Å². The van der Waals surface area contributed by atoms with Gasteiger partial charge in [-0.2, -0.15) is 0 Å². The highest BCUT2D eigenvalue weighted by Crippen LogP contribution is 2.29. The topological polar surface area (TPSA) is 102 Å². The van der Waals surface area contributed by atoms with Gasteiger partial charge in [-0.15, -0.1) is 0 Å². The first kappa shape index (κ1) is 22.4. The summed E-state index contributed by atoms with van der Waals surface area (Å²) in [6.45, 7) is 3.19. The number of nitrogens with two attached hydrogens (primary N) is 1. The molecular formula is C22H34N2O4. The number of aryl methyl sites for hydroxylation is 1. The molecule has 2 aliphatic rings. The highest BCUT2D eigenvalue weighted by Gasteiger charge is 2.27. The molecule has 1 saturated heterocycles. The molecule has 28 heavy (non-hydrogen) atoms. The Morgan fingerprint density at radius 2 is 1.68 bits per heavy atom. The largest absolute Gasteiger partial charge is 0.481 e. The Morgan fingerprint density at radius 1 is 1.04 bits per heavy atom. The van der Waals surface area contributed by atoms with Crippen molar-refractivity contribution in [3.8, 4) is 5.75 Å². The molecule has 0 atom stereocenters. The summed E-state index contributed by atoms with van der Waals surface area (Å²) in [7, 11) is 0. The molecule has 2 fully saturated rings. The van der Waals surface area contributed by atoms with Gasteiger partial charge in [-0.3, -0.25) is 9.59 Å². The van der Waals surface area contributed by atoms with Gasteiger partial charge in [0.2, 0.25) is 0 Å². The second-order valence-corrected chi connectivity index (χ2v) is 7.72. The predicted molar refractivity (Wildman–Crippen MR) is 109 cm³/mol. The number of hydrogen-bond acceptors (Lipinski definition) is 5. The fraction of sp³-hybridized carbons (Fsp3) is 0.636. The average Bonchev–Trinajstić information content (AvgIpc) is 2.75. The Balaban J connectivity index is 0.000000397. The van der Waals surface area contributed by atoms with Crippen LogP contribution in [0.25, 0.3) is 0 Å². The van der Waals surface area contributed by atoms with Crippen molar-refractivity contribution in [2.24, 2.45) is 17.6 Å². The van der Waals surface area contributed by atoms with Crippen molar-refractivity contribution < 1.29 is 19.4 Å². The van der Waals surface area contributed by atoms with Crippen LogP contribution in [0, 0.1) is 11.8 Å². The van der Waals surface area contributed by atoms with E-state index in [0.717, 1.165) is 31.2 Å². The Hall–Kier alpha value is -1.92. The van der Waals surface area contributed by atoms with Gasteiger partial charge in [0, 0.05) is 6.42 Å². The summed E-state index contributed by atoms with van der Waals surface area (Å²) in [5.74, 6) is 0.0365. The average molecular weight is 391 g/mol. The van der Waals surface area contributed by atoms with E-state index in [-0.39, 0.29) is 18.3 Å². The molecule has 1 heterocycles. The molecule has 1 aliphatic carbocycles. The van der Waals surface area contributed by atoms with E-state index in [1.54, 1.807) is 24.3 Å². The lowest BCUT2D eigenvalue weighted by Gasteiger charge is -2.26. The zero-order valence-corrected chi connectivity index (χ0v) is 16.7. The molecule has 6 heteroatoms. The van der Waals surface area contributed by atoms with E-state index in [0.29, 0.717) is 24.6 Å². The number of carboxylic acid groups (broad SMARTS) is 1. The van der Waals surface area contributed by atoms with Crippen LogP contribution < -0.4 is 15.8 Å². The maximum Gasteiger partial charge on any atom is 0.314 e. The smallest absolute Gasteiger partial charge is 0.314 e. The number of esters is 1. The quantitative estimate of drug-likeness (QED) is 0.509. The normalized spacial score (nSPS) is 21.9. The fourth-order valence-electron chi connectivity index (χ4n) is 3.61. The molecule has 1 aliphatic heterocycles. The Kier molecular flexibility index (Phi) is 10.0. The van der Waals surface area contributed by atoms with E-state index in [1.807, 2.05) is 0 Å². The van der Waals surface area contributed by atoms with E-state index in [2.05, 4.69) is 5.32 Å². The Bertz CT molecular complexity index is 580. The number of carbonyl (C=O) groups is 2. The molecule has 0 aromatic heterocycles. The van der Waals surface area contributed by atoms with Crippen LogP contribution in [0.5, 0.6) is 5.75 Å². The standard InChI is InChI=1S/C17H23NO4.C5H11N/c18-11-13-1-6-14(7-2-13)17(21)22-15-8-3-12(4-9-15)5-10-16(19)20;1-2-4-6-5-3-1/h3-4,8-9,13-14H,1-2,5-7,10-11,18H2,(H,19,20);6H,1-5H2/t13-,14-;. The van der Waals surface area contributed by atoms with Gasteiger partial charge in [0.25, 0.3) is 0 Å². The van der Waals surface area contributed by atoms with Gasteiger partial charge < -0.3 is 20.9 Å². The minimum atomic E-state index is -0.816. The molecular weight excluding hydrogens is 356 g/mol. The van der Waals surface area contributed by atoms with Crippen LogP contribution in [0.4, 0.5) is 0 Å². The van der Waals surface area contributed by atoms with Crippen LogP contribution in [-0.4, -0.2) is 36.7 Å². The molecule has 0 spiro atoms.